The molecule has 1 aromatic heterocycles. The summed E-state index contributed by atoms with van der Waals surface area (Å²) in [5, 5.41) is 4.54. The SMILES string of the molecule is COc1cccc(CNCc2ccc(-c3ccc(Cl)cc3Cl)o2)c1. The maximum absolute atomic E-state index is 6.21. The lowest BCUT2D eigenvalue weighted by Crippen LogP contribution is -2.12. The summed E-state index contributed by atoms with van der Waals surface area (Å²) in [7, 11) is 1.67. The van der Waals surface area contributed by atoms with Gasteiger partial charge in [0, 0.05) is 17.1 Å². The zero-order valence-electron chi connectivity index (χ0n) is 13.2. The first-order valence-corrected chi connectivity index (χ1v) is 8.29. The van der Waals surface area contributed by atoms with E-state index in [1.165, 1.54) is 0 Å². The lowest BCUT2D eigenvalue weighted by atomic mass is 10.2. The van der Waals surface area contributed by atoms with Gasteiger partial charge in [0.1, 0.15) is 17.3 Å². The molecule has 1 N–H and O–H groups in total. The third-order valence-corrected chi connectivity index (χ3v) is 4.17. The molecule has 1 heterocycles. The van der Waals surface area contributed by atoms with Crippen LogP contribution in [-0.2, 0) is 13.1 Å². The van der Waals surface area contributed by atoms with Gasteiger partial charge < -0.3 is 14.5 Å². The summed E-state index contributed by atoms with van der Waals surface area (Å²) < 4.78 is 11.1. The van der Waals surface area contributed by atoms with Crippen molar-refractivity contribution in [2.24, 2.45) is 0 Å². The van der Waals surface area contributed by atoms with Gasteiger partial charge >= 0.3 is 0 Å². The van der Waals surface area contributed by atoms with Gasteiger partial charge in [0.2, 0.25) is 0 Å². The Morgan fingerprint density at radius 1 is 1.00 bits per heavy atom. The summed E-state index contributed by atoms with van der Waals surface area (Å²) in [6.07, 6.45) is 0. The second-order valence-corrected chi connectivity index (χ2v) is 6.19. The van der Waals surface area contributed by atoms with Crippen molar-refractivity contribution in [3.63, 3.8) is 0 Å². The van der Waals surface area contributed by atoms with Crippen LogP contribution in [0.4, 0.5) is 0 Å². The molecule has 0 saturated carbocycles. The smallest absolute Gasteiger partial charge is 0.135 e. The Bertz CT molecular complexity index is 830. The average molecular weight is 362 g/mol. The lowest BCUT2D eigenvalue weighted by Gasteiger charge is -2.05. The van der Waals surface area contributed by atoms with E-state index in [2.05, 4.69) is 11.4 Å². The normalized spacial score (nSPS) is 10.8. The molecule has 0 unspecified atom stereocenters. The van der Waals surface area contributed by atoms with Crippen molar-refractivity contribution in [3.8, 4) is 17.1 Å². The summed E-state index contributed by atoms with van der Waals surface area (Å²) in [5.74, 6) is 2.43. The molecule has 3 rings (SSSR count). The summed E-state index contributed by atoms with van der Waals surface area (Å²) in [6.45, 7) is 1.36. The van der Waals surface area contributed by atoms with Crippen molar-refractivity contribution in [1.29, 1.82) is 0 Å². The molecular formula is C19H17Cl2NO2. The van der Waals surface area contributed by atoms with Gasteiger partial charge in [-0.25, -0.2) is 0 Å². The number of hydrogen-bond donors (Lipinski definition) is 1. The first-order chi connectivity index (χ1) is 11.7. The van der Waals surface area contributed by atoms with E-state index in [0.717, 1.165) is 34.9 Å². The highest BCUT2D eigenvalue weighted by Gasteiger charge is 2.09. The van der Waals surface area contributed by atoms with Crippen molar-refractivity contribution >= 4 is 23.2 Å². The van der Waals surface area contributed by atoms with E-state index in [9.17, 15) is 0 Å². The number of furan rings is 1. The summed E-state index contributed by atoms with van der Waals surface area (Å²) in [5.41, 5.74) is 1.99. The number of nitrogens with one attached hydrogen (secondary N) is 1. The zero-order valence-corrected chi connectivity index (χ0v) is 14.7. The predicted molar refractivity (Wildman–Crippen MR) is 97.7 cm³/mol. The molecule has 0 amide bonds. The van der Waals surface area contributed by atoms with Crippen LogP contribution in [0, 0.1) is 0 Å². The number of rotatable bonds is 6. The minimum Gasteiger partial charge on any atom is -0.497 e. The van der Waals surface area contributed by atoms with Crippen molar-refractivity contribution in [3.05, 3.63) is 76.0 Å². The molecule has 0 atom stereocenters. The van der Waals surface area contributed by atoms with Gasteiger partial charge in [0.25, 0.3) is 0 Å². The van der Waals surface area contributed by atoms with E-state index < -0.39 is 0 Å². The second-order valence-electron chi connectivity index (χ2n) is 5.35. The minimum absolute atomic E-state index is 0.577. The van der Waals surface area contributed by atoms with Gasteiger partial charge in [0.05, 0.1) is 18.7 Å². The molecule has 0 aliphatic carbocycles. The number of methoxy groups -OCH3 is 1. The number of benzene rings is 2. The molecule has 0 radical (unpaired) electrons. The molecular weight excluding hydrogens is 345 g/mol. The van der Waals surface area contributed by atoms with Crippen LogP contribution in [0.2, 0.25) is 10.0 Å². The molecule has 0 bridgehead atoms. The van der Waals surface area contributed by atoms with Crippen LogP contribution in [0.15, 0.2) is 59.0 Å². The van der Waals surface area contributed by atoms with Gasteiger partial charge in [-0.1, -0.05) is 35.3 Å². The number of halogens is 2. The third kappa shape index (κ3) is 4.12. The Hall–Kier alpha value is -1.94. The Morgan fingerprint density at radius 2 is 1.88 bits per heavy atom. The fourth-order valence-electron chi connectivity index (χ4n) is 2.42. The van der Waals surface area contributed by atoms with E-state index in [-0.39, 0.29) is 0 Å². The maximum atomic E-state index is 6.21. The Labute approximate surface area is 151 Å². The summed E-state index contributed by atoms with van der Waals surface area (Å²) in [4.78, 5) is 0. The molecule has 0 fully saturated rings. The molecule has 124 valence electrons. The van der Waals surface area contributed by atoms with Crippen LogP contribution < -0.4 is 10.1 Å². The quantitative estimate of drug-likeness (QED) is 0.624. The summed E-state index contributed by atoms with van der Waals surface area (Å²) in [6, 6.07) is 17.2. The largest absolute Gasteiger partial charge is 0.497 e. The van der Waals surface area contributed by atoms with Crippen LogP contribution in [0.25, 0.3) is 11.3 Å². The Kier molecular flexibility index (Phi) is 5.46. The van der Waals surface area contributed by atoms with E-state index in [4.69, 9.17) is 32.4 Å². The average Bonchev–Trinajstić information content (AvgIpc) is 3.03. The molecule has 0 aliphatic rings. The van der Waals surface area contributed by atoms with Crippen molar-refractivity contribution in [1.82, 2.24) is 5.32 Å². The first kappa shape index (κ1) is 16.9. The Morgan fingerprint density at radius 3 is 2.67 bits per heavy atom. The van der Waals surface area contributed by atoms with Gasteiger partial charge in [-0.15, -0.1) is 0 Å². The molecule has 2 aromatic carbocycles. The monoisotopic (exact) mass is 361 g/mol. The molecule has 0 spiro atoms. The highest BCUT2D eigenvalue weighted by atomic mass is 35.5. The van der Waals surface area contributed by atoms with Crippen LogP contribution >= 0.6 is 23.2 Å². The van der Waals surface area contributed by atoms with Gasteiger partial charge in [0.15, 0.2) is 0 Å². The predicted octanol–water partition coefficient (Wildman–Crippen LogP) is 5.55. The molecule has 24 heavy (non-hydrogen) atoms. The van der Waals surface area contributed by atoms with E-state index in [1.54, 1.807) is 19.2 Å². The second kappa shape index (κ2) is 7.75. The van der Waals surface area contributed by atoms with Crippen molar-refractivity contribution in [2.45, 2.75) is 13.1 Å². The fourth-order valence-corrected chi connectivity index (χ4v) is 2.92. The van der Waals surface area contributed by atoms with Gasteiger partial charge in [-0.2, -0.15) is 0 Å². The molecule has 3 aromatic rings. The van der Waals surface area contributed by atoms with E-state index in [1.807, 2.05) is 36.4 Å². The third-order valence-electron chi connectivity index (χ3n) is 3.62. The zero-order chi connectivity index (χ0) is 16.9. The number of ether oxygens (including phenoxy) is 1. The first-order valence-electron chi connectivity index (χ1n) is 7.53. The minimum atomic E-state index is 0.577. The fraction of sp³-hybridized carbons (Fsp3) is 0.158. The van der Waals surface area contributed by atoms with Gasteiger partial charge in [-0.05, 0) is 48.0 Å². The lowest BCUT2D eigenvalue weighted by molar-refractivity contribution is 0.414. The van der Waals surface area contributed by atoms with E-state index in [0.29, 0.717) is 16.6 Å². The van der Waals surface area contributed by atoms with Crippen LogP contribution in [-0.4, -0.2) is 7.11 Å². The molecule has 5 heteroatoms. The molecule has 0 aliphatic heterocycles. The highest BCUT2D eigenvalue weighted by molar-refractivity contribution is 6.36. The van der Waals surface area contributed by atoms with Crippen molar-refractivity contribution in [2.75, 3.05) is 7.11 Å². The highest BCUT2D eigenvalue weighted by Crippen LogP contribution is 2.31. The number of hydrogen-bond acceptors (Lipinski definition) is 3. The van der Waals surface area contributed by atoms with Crippen LogP contribution in [0.1, 0.15) is 11.3 Å². The standard InChI is InChI=1S/C19H17Cl2NO2/c1-23-15-4-2-3-13(9-15)11-22-12-16-6-8-19(24-16)17-7-5-14(20)10-18(17)21/h2-10,22H,11-12H2,1H3. The molecule has 0 saturated heterocycles. The van der Waals surface area contributed by atoms with Crippen LogP contribution in [0.5, 0.6) is 5.75 Å². The van der Waals surface area contributed by atoms with Crippen LogP contribution in [0.3, 0.4) is 0 Å². The van der Waals surface area contributed by atoms with Gasteiger partial charge in [-0.3, -0.25) is 0 Å². The molecule has 3 nitrogen and oxygen atoms in total. The Balaban J connectivity index is 1.62. The topological polar surface area (TPSA) is 34.4 Å². The summed E-state index contributed by atoms with van der Waals surface area (Å²) >= 11 is 12.1. The van der Waals surface area contributed by atoms with Crippen molar-refractivity contribution < 1.29 is 9.15 Å². The maximum Gasteiger partial charge on any atom is 0.135 e. The van der Waals surface area contributed by atoms with E-state index >= 15 is 0 Å².